The maximum atomic E-state index is 14.7. The number of rotatable bonds is 3. The Kier molecular flexibility index (Phi) is 8.30. The van der Waals surface area contributed by atoms with E-state index in [4.69, 9.17) is 0 Å². The second-order valence-corrected chi connectivity index (χ2v) is 9.31. The Morgan fingerprint density at radius 1 is 0.667 bits per heavy atom. The molecule has 0 unspecified atom stereocenters. The first kappa shape index (κ1) is 23.9. The van der Waals surface area contributed by atoms with Gasteiger partial charge in [0.2, 0.25) is 0 Å². The van der Waals surface area contributed by atoms with Gasteiger partial charge in [0, 0.05) is 48.6 Å². The van der Waals surface area contributed by atoms with Gasteiger partial charge in [-0.15, -0.1) is 11.1 Å². The second kappa shape index (κ2) is 9.37. The Morgan fingerprint density at radius 2 is 1.00 bits per heavy atom. The van der Waals surface area contributed by atoms with Gasteiger partial charge < -0.3 is 12.0 Å². The van der Waals surface area contributed by atoms with Crippen LogP contribution in [-0.2, 0) is 37.3 Å². The fraction of sp³-hybridized carbons (Fsp3) is 0.167. The van der Waals surface area contributed by atoms with Crippen LogP contribution in [0, 0.1) is 42.0 Å². The molecule has 0 spiro atoms. The quantitative estimate of drug-likeness (QED) is 0.396. The normalized spacial score (nSPS) is 10.7. The molecule has 1 nitrogen and oxygen atoms in total. The van der Waals surface area contributed by atoms with Crippen molar-refractivity contribution in [2.75, 3.05) is 0 Å². The minimum absolute atomic E-state index is 0. The van der Waals surface area contributed by atoms with Gasteiger partial charge in [0.1, 0.15) is 0 Å². The van der Waals surface area contributed by atoms with E-state index < -0.39 is 7.14 Å². The van der Waals surface area contributed by atoms with Gasteiger partial charge in [0.05, 0.1) is 0 Å². The van der Waals surface area contributed by atoms with Crippen LogP contribution in [0.4, 0.5) is 0 Å². The monoisotopic (exact) mass is 451 g/mol. The Hall–Kier alpha value is -1.14. The maximum Gasteiger partial charge on any atom is 0.169 e. The third-order valence-corrected chi connectivity index (χ3v) is 8.65. The van der Waals surface area contributed by atoms with Crippen LogP contribution in [0.2, 0.25) is 0 Å². The fourth-order valence-corrected chi connectivity index (χ4v) is 6.80. The van der Waals surface area contributed by atoms with Gasteiger partial charge >= 0.3 is 0 Å². The average molecular weight is 451 g/mol. The van der Waals surface area contributed by atoms with Gasteiger partial charge in [0.15, 0.2) is 7.14 Å². The first-order chi connectivity index (χ1) is 11.9. The minimum Gasteiger partial charge on any atom is -0.358 e. The topological polar surface area (TPSA) is 17.1 Å². The van der Waals surface area contributed by atoms with Gasteiger partial charge in [-0.2, -0.15) is 12.5 Å². The summed E-state index contributed by atoms with van der Waals surface area (Å²) in [6.07, 6.45) is 0. The summed E-state index contributed by atoms with van der Waals surface area (Å²) < 4.78 is 14.7. The summed E-state index contributed by atoms with van der Waals surface area (Å²) in [4.78, 5) is 0. The van der Waals surface area contributed by atoms with E-state index in [2.05, 4.69) is 34.6 Å². The molecule has 0 atom stereocenters. The van der Waals surface area contributed by atoms with Crippen molar-refractivity contribution in [3.8, 4) is 0 Å². The van der Waals surface area contributed by atoms with Crippen molar-refractivity contribution in [2.24, 2.45) is 0 Å². The fourth-order valence-electron chi connectivity index (χ4n) is 3.53. The van der Waals surface area contributed by atoms with Crippen molar-refractivity contribution in [3.05, 3.63) is 103 Å². The SMILES string of the molecule is [CH2-]c1c(C)c(C)c(P(=O)(c2ccccc2)c2ccccc2)c(C)c1C.[CH3-].[Y]. The van der Waals surface area contributed by atoms with Crippen LogP contribution in [0.25, 0.3) is 0 Å². The molecule has 139 valence electrons. The van der Waals surface area contributed by atoms with Crippen molar-refractivity contribution < 1.29 is 37.3 Å². The Morgan fingerprint density at radius 3 is 1.33 bits per heavy atom. The summed E-state index contributed by atoms with van der Waals surface area (Å²) in [5.74, 6) is 0. The van der Waals surface area contributed by atoms with Crippen molar-refractivity contribution >= 4 is 23.1 Å². The molecule has 3 aromatic rings. The van der Waals surface area contributed by atoms with Crippen molar-refractivity contribution in [2.45, 2.75) is 27.7 Å². The predicted molar refractivity (Wildman–Crippen MR) is 116 cm³/mol. The third kappa shape index (κ3) is 4.02. The van der Waals surface area contributed by atoms with Crippen LogP contribution in [0.5, 0.6) is 0 Å². The van der Waals surface area contributed by atoms with Crippen LogP contribution in [-0.4, -0.2) is 0 Å². The van der Waals surface area contributed by atoms with E-state index >= 15 is 0 Å². The van der Waals surface area contributed by atoms with E-state index in [0.29, 0.717) is 0 Å². The molecular weight excluding hydrogens is 424 g/mol. The molecule has 0 saturated carbocycles. The summed E-state index contributed by atoms with van der Waals surface area (Å²) in [6.45, 7) is 12.5. The van der Waals surface area contributed by atoms with Crippen molar-refractivity contribution in [3.63, 3.8) is 0 Å². The Bertz CT molecular complexity index is 890. The zero-order valence-electron chi connectivity index (χ0n) is 16.9. The van der Waals surface area contributed by atoms with Crippen LogP contribution in [0.15, 0.2) is 60.7 Å². The number of benzene rings is 3. The maximum absolute atomic E-state index is 14.7. The van der Waals surface area contributed by atoms with E-state index in [1.807, 2.05) is 60.7 Å². The standard InChI is InChI=1S/C23H24OP.CH3.Y/c1-16-17(2)19(4)23(20(5)18(16)3)25(24,21-12-8-6-9-13-21)22-14-10-7-11-15-22;;/h6-15H,1H2,2-5H3;1H3;/q2*-1;. The van der Waals surface area contributed by atoms with E-state index in [0.717, 1.165) is 43.7 Å². The molecule has 1 radical (unpaired) electrons. The molecule has 27 heavy (non-hydrogen) atoms. The molecule has 3 aromatic carbocycles. The molecule has 0 aliphatic rings. The molecule has 0 N–H and O–H groups in total. The van der Waals surface area contributed by atoms with E-state index in [-0.39, 0.29) is 40.1 Å². The van der Waals surface area contributed by atoms with Gasteiger partial charge in [-0.05, 0) is 0 Å². The molecular formula is C24H27OPY-2. The summed E-state index contributed by atoms with van der Waals surface area (Å²) in [5.41, 5.74) is 5.48. The Labute approximate surface area is 189 Å². The molecule has 0 saturated heterocycles. The van der Waals surface area contributed by atoms with Crippen molar-refractivity contribution in [1.29, 1.82) is 0 Å². The molecule has 0 heterocycles. The summed E-state index contributed by atoms with van der Waals surface area (Å²) in [7, 11) is -2.95. The first-order valence-corrected chi connectivity index (χ1v) is 10.2. The molecule has 3 rings (SSSR count). The molecule has 0 aromatic heterocycles. The molecule has 0 bridgehead atoms. The molecule has 3 heteroatoms. The molecule has 0 amide bonds. The second-order valence-electron chi connectivity index (χ2n) is 6.61. The largest absolute Gasteiger partial charge is 0.358 e. The van der Waals surface area contributed by atoms with E-state index in [1.54, 1.807) is 0 Å². The van der Waals surface area contributed by atoms with Crippen LogP contribution in [0.1, 0.15) is 27.8 Å². The van der Waals surface area contributed by atoms with Crippen LogP contribution >= 0.6 is 7.14 Å². The summed E-state index contributed by atoms with van der Waals surface area (Å²) >= 11 is 0. The first-order valence-electron chi connectivity index (χ1n) is 8.53. The predicted octanol–water partition coefficient (Wildman–Crippen LogP) is 5.19. The zero-order valence-corrected chi connectivity index (χ0v) is 20.6. The van der Waals surface area contributed by atoms with Crippen molar-refractivity contribution in [1.82, 2.24) is 0 Å². The van der Waals surface area contributed by atoms with Crippen LogP contribution < -0.4 is 15.9 Å². The molecule has 0 fully saturated rings. The summed E-state index contributed by atoms with van der Waals surface area (Å²) in [6, 6.07) is 19.7. The average Bonchev–Trinajstić information content (AvgIpc) is 2.66. The minimum atomic E-state index is -2.95. The zero-order chi connectivity index (χ0) is 18.2. The number of hydrogen-bond acceptors (Lipinski definition) is 1. The van der Waals surface area contributed by atoms with E-state index in [1.165, 1.54) is 0 Å². The van der Waals surface area contributed by atoms with E-state index in [9.17, 15) is 4.57 Å². The molecule has 0 aliphatic heterocycles. The van der Waals surface area contributed by atoms with Crippen LogP contribution in [0.3, 0.4) is 0 Å². The van der Waals surface area contributed by atoms with Gasteiger partial charge in [0.25, 0.3) is 0 Å². The molecule has 0 aliphatic carbocycles. The third-order valence-electron chi connectivity index (χ3n) is 5.30. The van der Waals surface area contributed by atoms with Gasteiger partial charge in [-0.3, -0.25) is 0 Å². The van der Waals surface area contributed by atoms with Gasteiger partial charge in [-0.1, -0.05) is 99.5 Å². The summed E-state index contributed by atoms with van der Waals surface area (Å²) in [5, 5.41) is 2.72. The van der Waals surface area contributed by atoms with Gasteiger partial charge in [-0.25, -0.2) is 0 Å². The number of hydrogen-bond donors (Lipinski definition) is 0. The smallest absolute Gasteiger partial charge is 0.169 e. The Balaban J connectivity index is 0.00000182.